The first-order valence-electron chi connectivity index (χ1n) is 7.03. The molecule has 8 nitrogen and oxygen atoms in total. The summed E-state index contributed by atoms with van der Waals surface area (Å²) >= 11 is 0. The van der Waals surface area contributed by atoms with Crippen LogP contribution in [0.15, 0.2) is 12.3 Å². The Hall–Kier alpha value is -2.25. The van der Waals surface area contributed by atoms with Crippen LogP contribution < -0.4 is 11.1 Å². The lowest BCUT2D eigenvalue weighted by molar-refractivity contribution is -0.114. The molecule has 8 heteroatoms. The van der Waals surface area contributed by atoms with E-state index < -0.39 is 17.6 Å². The highest BCUT2D eigenvalue weighted by Gasteiger charge is 2.28. The van der Waals surface area contributed by atoms with Gasteiger partial charge in [-0.1, -0.05) is 6.58 Å². The number of nitrogens with zero attached hydrogens (tertiary/aromatic N) is 1. The highest BCUT2D eigenvalue weighted by molar-refractivity contribution is 5.94. The second kappa shape index (κ2) is 7.15. The fourth-order valence-corrected chi connectivity index (χ4v) is 1.85. The zero-order valence-corrected chi connectivity index (χ0v) is 13.2. The Morgan fingerprint density at radius 2 is 1.77 bits per heavy atom. The fourth-order valence-electron chi connectivity index (χ4n) is 1.85. The standard InChI is InChI=1S/C14H23N3O5/c1-9(11(15)18)16-12(19)21-10-5-7-17(8-6-10)13(20)22-14(2,3)4/h10H,1,5-8H2,2-4H3,(H2,15,18)(H,16,19). The van der Waals surface area contributed by atoms with Crippen molar-refractivity contribution >= 4 is 18.1 Å². The first-order chi connectivity index (χ1) is 10.1. The number of piperidine rings is 1. The fraction of sp³-hybridized carbons (Fsp3) is 0.643. The molecule has 1 aliphatic rings. The molecule has 0 saturated carbocycles. The molecule has 1 rings (SSSR count). The summed E-state index contributed by atoms with van der Waals surface area (Å²) in [6.07, 6.45) is -0.498. The van der Waals surface area contributed by atoms with E-state index in [1.807, 2.05) is 0 Å². The lowest BCUT2D eigenvalue weighted by Gasteiger charge is -2.33. The van der Waals surface area contributed by atoms with Gasteiger partial charge in [-0.15, -0.1) is 0 Å². The molecule has 0 radical (unpaired) electrons. The molecule has 1 aliphatic heterocycles. The van der Waals surface area contributed by atoms with Gasteiger partial charge in [0, 0.05) is 25.9 Å². The zero-order valence-electron chi connectivity index (χ0n) is 13.2. The van der Waals surface area contributed by atoms with E-state index in [2.05, 4.69) is 11.9 Å². The van der Waals surface area contributed by atoms with Crippen LogP contribution in [0.4, 0.5) is 9.59 Å². The van der Waals surface area contributed by atoms with Crippen molar-refractivity contribution in [3.8, 4) is 0 Å². The van der Waals surface area contributed by atoms with Crippen LogP contribution in [-0.2, 0) is 14.3 Å². The number of rotatable bonds is 3. The minimum absolute atomic E-state index is 0.226. The topological polar surface area (TPSA) is 111 Å². The largest absolute Gasteiger partial charge is 0.446 e. The van der Waals surface area contributed by atoms with Crippen LogP contribution in [0.5, 0.6) is 0 Å². The maximum atomic E-state index is 11.9. The van der Waals surface area contributed by atoms with Crippen LogP contribution >= 0.6 is 0 Å². The van der Waals surface area contributed by atoms with E-state index in [0.717, 1.165) is 0 Å². The molecule has 0 aromatic rings. The van der Waals surface area contributed by atoms with Crippen LogP contribution in [0.1, 0.15) is 33.6 Å². The Kier molecular flexibility index (Phi) is 5.78. The van der Waals surface area contributed by atoms with E-state index in [1.54, 1.807) is 25.7 Å². The highest BCUT2D eigenvalue weighted by Crippen LogP contribution is 2.17. The van der Waals surface area contributed by atoms with Gasteiger partial charge in [-0.3, -0.25) is 10.1 Å². The van der Waals surface area contributed by atoms with Crippen molar-refractivity contribution in [2.45, 2.75) is 45.3 Å². The predicted molar refractivity (Wildman–Crippen MR) is 78.8 cm³/mol. The van der Waals surface area contributed by atoms with Crippen molar-refractivity contribution < 1.29 is 23.9 Å². The van der Waals surface area contributed by atoms with Crippen LogP contribution in [0.25, 0.3) is 0 Å². The molecule has 0 aliphatic carbocycles. The number of likely N-dealkylation sites (tertiary alicyclic amines) is 1. The number of alkyl carbamates (subject to hydrolysis) is 1. The minimum Gasteiger partial charge on any atom is -0.446 e. The maximum Gasteiger partial charge on any atom is 0.412 e. The molecule has 1 fully saturated rings. The average molecular weight is 313 g/mol. The summed E-state index contributed by atoms with van der Waals surface area (Å²) in [4.78, 5) is 35.7. The molecule has 124 valence electrons. The van der Waals surface area contributed by atoms with Crippen molar-refractivity contribution in [2.75, 3.05) is 13.1 Å². The molecule has 1 saturated heterocycles. The SMILES string of the molecule is C=C(NC(=O)OC1CCN(C(=O)OC(C)(C)C)CC1)C(N)=O. The molecule has 0 unspecified atom stereocenters. The van der Waals surface area contributed by atoms with Gasteiger partial charge in [-0.05, 0) is 20.8 Å². The number of nitrogens with one attached hydrogen (secondary N) is 1. The normalized spacial score (nSPS) is 15.9. The lowest BCUT2D eigenvalue weighted by atomic mass is 10.1. The number of hydrogen-bond acceptors (Lipinski definition) is 5. The molecular weight excluding hydrogens is 290 g/mol. The maximum absolute atomic E-state index is 11.9. The van der Waals surface area contributed by atoms with E-state index in [0.29, 0.717) is 25.9 Å². The Balaban J connectivity index is 2.36. The van der Waals surface area contributed by atoms with Crippen molar-refractivity contribution in [3.63, 3.8) is 0 Å². The lowest BCUT2D eigenvalue weighted by Crippen LogP contribution is -2.44. The summed E-state index contributed by atoms with van der Waals surface area (Å²) in [5, 5.41) is 2.16. The van der Waals surface area contributed by atoms with Gasteiger partial charge < -0.3 is 20.1 Å². The van der Waals surface area contributed by atoms with Gasteiger partial charge in [0.15, 0.2) is 0 Å². The molecule has 22 heavy (non-hydrogen) atoms. The predicted octanol–water partition coefficient (Wildman–Crippen LogP) is 1.11. The second-order valence-electron chi connectivity index (χ2n) is 6.04. The number of amides is 3. The summed E-state index contributed by atoms with van der Waals surface area (Å²) in [5.41, 5.74) is 4.18. The van der Waals surface area contributed by atoms with E-state index >= 15 is 0 Å². The van der Waals surface area contributed by atoms with Gasteiger partial charge in [0.2, 0.25) is 0 Å². The number of nitrogens with two attached hydrogens (primary N) is 1. The van der Waals surface area contributed by atoms with Gasteiger partial charge in [0.05, 0.1) is 0 Å². The van der Waals surface area contributed by atoms with Crippen molar-refractivity contribution in [3.05, 3.63) is 12.3 Å². The van der Waals surface area contributed by atoms with Crippen LogP contribution in [-0.4, -0.2) is 47.8 Å². The van der Waals surface area contributed by atoms with Crippen LogP contribution in [0.2, 0.25) is 0 Å². The number of carbonyl (C=O) groups is 3. The molecule has 0 bridgehead atoms. The first kappa shape index (κ1) is 17.8. The quantitative estimate of drug-likeness (QED) is 0.758. The van der Waals surface area contributed by atoms with Gasteiger partial charge in [-0.25, -0.2) is 9.59 Å². The van der Waals surface area contributed by atoms with Crippen LogP contribution in [0, 0.1) is 0 Å². The molecule has 3 amide bonds. The number of hydrogen-bond donors (Lipinski definition) is 2. The van der Waals surface area contributed by atoms with E-state index in [9.17, 15) is 14.4 Å². The van der Waals surface area contributed by atoms with Gasteiger partial charge in [-0.2, -0.15) is 0 Å². The minimum atomic E-state index is -0.823. The Labute approximate surface area is 129 Å². The third-order valence-corrected chi connectivity index (χ3v) is 2.92. The summed E-state index contributed by atoms with van der Waals surface area (Å²) in [6.45, 7) is 9.58. The molecule has 0 aromatic heterocycles. The smallest absolute Gasteiger partial charge is 0.412 e. The number of carbonyl (C=O) groups excluding carboxylic acids is 3. The number of primary amides is 1. The van der Waals surface area contributed by atoms with E-state index in [1.165, 1.54) is 0 Å². The molecular formula is C14H23N3O5. The van der Waals surface area contributed by atoms with Crippen molar-refractivity contribution in [2.24, 2.45) is 5.73 Å². The Morgan fingerprint density at radius 3 is 2.23 bits per heavy atom. The summed E-state index contributed by atoms with van der Waals surface area (Å²) in [5.74, 6) is -0.823. The monoisotopic (exact) mass is 313 g/mol. The van der Waals surface area contributed by atoms with E-state index in [-0.39, 0.29) is 17.9 Å². The molecule has 0 atom stereocenters. The van der Waals surface area contributed by atoms with Crippen LogP contribution in [0.3, 0.4) is 0 Å². The van der Waals surface area contributed by atoms with Crippen molar-refractivity contribution in [1.29, 1.82) is 0 Å². The van der Waals surface area contributed by atoms with Gasteiger partial charge >= 0.3 is 12.2 Å². The van der Waals surface area contributed by atoms with E-state index in [4.69, 9.17) is 15.2 Å². The Bertz CT molecular complexity index is 462. The zero-order chi connectivity index (χ0) is 16.9. The summed E-state index contributed by atoms with van der Waals surface area (Å²) in [6, 6.07) is 0. The number of ether oxygens (including phenoxy) is 2. The summed E-state index contributed by atoms with van der Waals surface area (Å²) < 4.78 is 10.4. The summed E-state index contributed by atoms with van der Waals surface area (Å²) in [7, 11) is 0. The average Bonchev–Trinajstić information content (AvgIpc) is 2.37. The first-order valence-corrected chi connectivity index (χ1v) is 7.03. The third-order valence-electron chi connectivity index (χ3n) is 2.92. The molecule has 1 heterocycles. The van der Waals surface area contributed by atoms with Gasteiger partial charge in [0.25, 0.3) is 5.91 Å². The third kappa shape index (κ3) is 6.02. The molecule has 3 N–H and O–H groups in total. The van der Waals surface area contributed by atoms with Crippen molar-refractivity contribution in [1.82, 2.24) is 10.2 Å². The second-order valence-corrected chi connectivity index (χ2v) is 6.04. The molecule has 0 aromatic carbocycles. The highest BCUT2D eigenvalue weighted by atomic mass is 16.6. The Morgan fingerprint density at radius 1 is 1.23 bits per heavy atom. The van der Waals surface area contributed by atoms with Gasteiger partial charge in [0.1, 0.15) is 17.4 Å². The molecule has 0 spiro atoms.